The Morgan fingerprint density at radius 2 is 2.04 bits per heavy atom. The zero-order valence-electron chi connectivity index (χ0n) is 15.5. The van der Waals surface area contributed by atoms with Crippen molar-refractivity contribution in [3.05, 3.63) is 29.5 Å². The van der Waals surface area contributed by atoms with Gasteiger partial charge in [-0.15, -0.1) is 0 Å². The predicted molar refractivity (Wildman–Crippen MR) is 97.4 cm³/mol. The summed E-state index contributed by atoms with van der Waals surface area (Å²) in [5.74, 6) is -0.492. The molecule has 142 valence electrons. The number of nitrogens with one attached hydrogen (secondary N) is 1. The number of rotatable bonds is 5. The minimum Gasteiger partial charge on any atom is -0.497 e. The van der Waals surface area contributed by atoms with E-state index in [0.717, 1.165) is 24.6 Å². The molecule has 1 aromatic heterocycles. The van der Waals surface area contributed by atoms with Gasteiger partial charge in [0.2, 0.25) is 5.76 Å². The van der Waals surface area contributed by atoms with E-state index >= 15 is 0 Å². The summed E-state index contributed by atoms with van der Waals surface area (Å²) in [6, 6.07) is 7.43. The first-order valence-corrected chi connectivity index (χ1v) is 8.94. The zero-order chi connectivity index (χ0) is 19.4. The Kier molecular flexibility index (Phi) is 5.36. The number of aryl methyl sites for hydroxylation is 1. The highest BCUT2D eigenvalue weighted by Gasteiger charge is 2.33. The molecule has 1 N–H and O–H groups in total. The van der Waals surface area contributed by atoms with Gasteiger partial charge in [-0.05, 0) is 38.0 Å². The van der Waals surface area contributed by atoms with Crippen LogP contribution in [0.2, 0.25) is 0 Å². The fourth-order valence-electron chi connectivity index (χ4n) is 3.44. The third kappa shape index (κ3) is 3.90. The third-order valence-corrected chi connectivity index (χ3v) is 4.96. The molecule has 0 atom stereocenters. The van der Waals surface area contributed by atoms with Crippen LogP contribution in [-0.2, 0) is 9.53 Å². The van der Waals surface area contributed by atoms with Crippen molar-refractivity contribution in [3.63, 3.8) is 0 Å². The molecular formula is C20H22N2O5. The van der Waals surface area contributed by atoms with Gasteiger partial charge in [0.1, 0.15) is 16.9 Å². The van der Waals surface area contributed by atoms with E-state index in [2.05, 4.69) is 11.4 Å². The van der Waals surface area contributed by atoms with Crippen molar-refractivity contribution in [1.82, 2.24) is 5.32 Å². The van der Waals surface area contributed by atoms with E-state index < -0.39 is 24.0 Å². The Morgan fingerprint density at radius 3 is 2.70 bits per heavy atom. The lowest BCUT2D eigenvalue weighted by molar-refractivity contribution is -0.126. The molecular weight excluding hydrogens is 348 g/mol. The highest BCUT2D eigenvalue weighted by Crippen LogP contribution is 2.29. The van der Waals surface area contributed by atoms with E-state index in [4.69, 9.17) is 13.9 Å². The first-order valence-electron chi connectivity index (χ1n) is 8.94. The van der Waals surface area contributed by atoms with Crippen LogP contribution in [0, 0.1) is 18.3 Å². The lowest BCUT2D eigenvalue weighted by Gasteiger charge is -2.31. The standard InChI is InChI=1S/C20H22N2O5/c1-13-15-10-14(25-2)6-7-16(15)27-18(13)19(24)26-11-17(23)22-20(12-21)8-4-3-5-9-20/h6-7,10H,3-5,8-9,11H2,1-2H3,(H,22,23). The minimum absolute atomic E-state index is 0.0544. The smallest absolute Gasteiger partial charge is 0.375 e. The van der Waals surface area contributed by atoms with Crippen molar-refractivity contribution < 1.29 is 23.5 Å². The Bertz CT molecular complexity index is 903. The molecule has 3 rings (SSSR count). The Hall–Kier alpha value is -3.01. The summed E-state index contributed by atoms with van der Waals surface area (Å²) in [6.45, 7) is 1.29. The number of amides is 1. The molecule has 0 saturated heterocycles. The molecule has 1 saturated carbocycles. The first-order chi connectivity index (χ1) is 13.0. The Balaban J connectivity index is 1.65. The van der Waals surface area contributed by atoms with Crippen LogP contribution in [0.4, 0.5) is 0 Å². The van der Waals surface area contributed by atoms with Crippen LogP contribution in [0.1, 0.15) is 48.2 Å². The molecule has 1 aliphatic carbocycles. The fraction of sp³-hybridized carbons (Fsp3) is 0.450. The SMILES string of the molecule is COc1ccc2oc(C(=O)OCC(=O)NC3(C#N)CCCCC3)c(C)c2c1. The van der Waals surface area contributed by atoms with E-state index in [1.54, 1.807) is 32.2 Å². The van der Waals surface area contributed by atoms with Gasteiger partial charge in [0, 0.05) is 10.9 Å². The van der Waals surface area contributed by atoms with Crippen molar-refractivity contribution in [2.45, 2.75) is 44.6 Å². The molecule has 0 bridgehead atoms. The van der Waals surface area contributed by atoms with Crippen molar-refractivity contribution in [2.24, 2.45) is 0 Å². The quantitative estimate of drug-likeness (QED) is 0.811. The molecule has 2 aromatic rings. The summed E-state index contributed by atoms with van der Waals surface area (Å²) in [6.07, 6.45) is 4.09. The Morgan fingerprint density at radius 1 is 1.30 bits per heavy atom. The second kappa shape index (κ2) is 7.70. The van der Waals surface area contributed by atoms with Crippen molar-refractivity contribution in [3.8, 4) is 11.8 Å². The lowest BCUT2D eigenvalue weighted by Crippen LogP contribution is -2.50. The van der Waals surface area contributed by atoms with Crippen molar-refractivity contribution >= 4 is 22.8 Å². The highest BCUT2D eigenvalue weighted by atomic mass is 16.5. The van der Waals surface area contributed by atoms with Gasteiger partial charge >= 0.3 is 5.97 Å². The third-order valence-electron chi connectivity index (χ3n) is 4.96. The molecule has 0 aliphatic heterocycles. The zero-order valence-corrected chi connectivity index (χ0v) is 15.5. The number of fused-ring (bicyclic) bond motifs is 1. The predicted octanol–water partition coefficient (Wildman–Crippen LogP) is 3.25. The monoisotopic (exact) mass is 370 g/mol. The molecule has 27 heavy (non-hydrogen) atoms. The fourth-order valence-corrected chi connectivity index (χ4v) is 3.44. The first kappa shape index (κ1) is 18.8. The molecule has 1 aliphatic rings. The van der Waals surface area contributed by atoms with Crippen LogP contribution in [0.3, 0.4) is 0 Å². The molecule has 1 heterocycles. The van der Waals surface area contributed by atoms with Crippen LogP contribution in [0.25, 0.3) is 11.0 Å². The van der Waals surface area contributed by atoms with Crippen LogP contribution >= 0.6 is 0 Å². The minimum atomic E-state index is -0.854. The second-order valence-corrected chi connectivity index (χ2v) is 6.80. The average Bonchev–Trinajstić information content (AvgIpc) is 3.03. The van der Waals surface area contributed by atoms with Crippen LogP contribution in [-0.4, -0.2) is 31.1 Å². The summed E-state index contributed by atoms with van der Waals surface area (Å²) in [5.41, 5.74) is 0.304. The van der Waals surface area contributed by atoms with Gasteiger partial charge in [-0.1, -0.05) is 19.3 Å². The van der Waals surface area contributed by atoms with E-state index in [-0.39, 0.29) is 5.76 Å². The average molecular weight is 370 g/mol. The molecule has 0 unspecified atom stereocenters. The van der Waals surface area contributed by atoms with Gasteiger partial charge in [0.05, 0.1) is 13.2 Å². The second-order valence-electron chi connectivity index (χ2n) is 6.80. The number of esters is 1. The number of nitrogens with zero attached hydrogens (tertiary/aromatic N) is 1. The maximum atomic E-state index is 12.3. The maximum absolute atomic E-state index is 12.3. The summed E-state index contributed by atoms with van der Waals surface area (Å²) in [4.78, 5) is 24.5. The summed E-state index contributed by atoms with van der Waals surface area (Å²) in [5, 5.41) is 12.9. The van der Waals surface area contributed by atoms with Gasteiger partial charge in [-0.3, -0.25) is 4.79 Å². The van der Waals surface area contributed by atoms with Crippen molar-refractivity contribution in [2.75, 3.05) is 13.7 Å². The topological polar surface area (TPSA) is 102 Å². The van der Waals surface area contributed by atoms with E-state index in [0.29, 0.717) is 29.7 Å². The van der Waals surface area contributed by atoms with E-state index in [1.807, 2.05) is 0 Å². The molecule has 7 heteroatoms. The summed E-state index contributed by atoms with van der Waals surface area (Å²) < 4.78 is 15.9. The number of carbonyl (C=O) groups excluding carboxylic acids is 2. The highest BCUT2D eigenvalue weighted by molar-refractivity contribution is 5.97. The number of ether oxygens (including phenoxy) is 2. The number of benzene rings is 1. The number of nitriles is 1. The van der Waals surface area contributed by atoms with Crippen molar-refractivity contribution in [1.29, 1.82) is 5.26 Å². The van der Waals surface area contributed by atoms with Crippen LogP contribution in [0.15, 0.2) is 22.6 Å². The van der Waals surface area contributed by atoms with E-state index in [9.17, 15) is 14.9 Å². The molecule has 7 nitrogen and oxygen atoms in total. The molecule has 1 fully saturated rings. The van der Waals surface area contributed by atoms with Crippen LogP contribution < -0.4 is 10.1 Å². The number of hydrogen-bond donors (Lipinski definition) is 1. The molecule has 1 aromatic carbocycles. The van der Waals surface area contributed by atoms with Crippen LogP contribution in [0.5, 0.6) is 5.75 Å². The van der Waals surface area contributed by atoms with Gasteiger partial charge in [-0.25, -0.2) is 4.79 Å². The summed E-state index contributed by atoms with van der Waals surface area (Å²) in [7, 11) is 1.56. The number of methoxy groups -OCH3 is 1. The van der Waals surface area contributed by atoms with E-state index in [1.165, 1.54) is 0 Å². The van der Waals surface area contributed by atoms with Gasteiger partial charge < -0.3 is 19.2 Å². The maximum Gasteiger partial charge on any atom is 0.375 e. The van der Waals surface area contributed by atoms with Gasteiger partial charge in [0.25, 0.3) is 5.91 Å². The normalized spacial score (nSPS) is 15.7. The Labute approximate surface area is 157 Å². The summed E-state index contributed by atoms with van der Waals surface area (Å²) >= 11 is 0. The number of carbonyl (C=O) groups is 2. The number of furan rings is 1. The molecule has 1 amide bonds. The molecule has 0 radical (unpaired) electrons. The van der Waals surface area contributed by atoms with Gasteiger partial charge in [0.15, 0.2) is 6.61 Å². The lowest BCUT2D eigenvalue weighted by atomic mass is 9.83. The largest absolute Gasteiger partial charge is 0.497 e. The molecule has 0 spiro atoms. The number of hydrogen-bond acceptors (Lipinski definition) is 6. The van der Waals surface area contributed by atoms with Gasteiger partial charge in [-0.2, -0.15) is 5.26 Å².